The maximum atomic E-state index is 14.2. The summed E-state index contributed by atoms with van der Waals surface area (Å²) < 4.78 is 60.5. The van der Waals surface area contributed by atoms with E-state index >= 15 is 0 Å². The summed E-state index contributed by atoms with van der Waals surface area (Å²) in [4.78, 5) is 4.09. The Balaban J connectivity index is 2.50. The average molecular weight is 392 g/mol. The molecule has 0 fully saturated rings. The number of nitrogen functional groups attached to an aromatic ring is 1. The number of methoxy groups -OCH3 is 1. The number of nitrogens with zero attached hydrogens (tertiary/aromatic N) is 3. The second kappa shape index (κ2) is 6.41. The lowest BCUT2D eigenvalue weighted by Crippen LogP contribution is -2.10. The van der Waals surface area contributed by atoms with Crippen molar-refractivity contribution in [1.82, 2.24) is 9.55 Å². The molecule has 0 unspecified atom stereocenters. The summed E-state index contributed by atoms with van der Waals surface area (Å²) in [5.41, 5.74) is 6.11. The van der Waals surface area contributed by atoms with Gasteiger partial charge in [0.25, 0.3) is 0 Å². The van der Waals surface area contributed by atoms with Gasteiger partial charge in [-0.3, -0.25) is 4.57 Å². The number of rotatable bonds is 2. The average Bonchev–Trinajstić information content (AvgIpc) is 2.84. The molecular formula is C19H16F4N4O. The predicted molar refractivity (Wildman–Crippen MR) is 95.9 cm³/mol. The number of aryl methyl sites for hydroxylation is 2. The SMILES string of the molecule is COc1c(F)cc(C)c(-n2c(N)c(C#N)c3cc(C(F)(F)F)c(C)nc32)c1C. The molecule has 28 heavy (non-hydrogen) atoms. The minimum Gasteiger partial charge on any atom is -0.493 e. The lowest BCUT2D eigenvalue weighted by molar-refractivity contribution is -0.138. The molecule has 0 bridgehead atoms. The third-order valence-corrected chi connectivity index (χ3v) is 4.65. The first-order chi connectivity index (χ1) is 13.0. The molecule has 3 aromatic rings. The van der Waals surface area contributed by atoms with Crippen LogP contribution in [0.5, 0.6) is 5.75 Å². The van der Waals surface area contributed by atoms with Gasteiger partial charge in [-0.05, 0) is 38.5 Å². The van der Waals surface area contributed by atoms with Crippen LogP contribution in [0.4, 0.5) is 23.4 Å². The number of nitrogens with two attached hydrogens (primary N) is 1. The van der Waals surface area contributed by atoms with Crippen molar-refractivity contribution >= 4 is 16.9 Å². The molecule has 9 heteroatoms. The van der Waals surface area contributed by atoms with Crippen molar-refractivity contribution in [2.45, 2.75) is 26.9 Å². The molecule has 0 radical (unpaired) electrons. The normalized spacial score (nSPS) is 11.7. The summed E-state index contributed by atoms with van der Waals surface area (Å²) >= 11 is 0. The van der Waals surface area contributed by atoms with Gasteiger partial charge in [0.2, 0.25) is 0 Å². The Kier molecular flexibility index (Phi) is 4.46. The summed E-state index contributed by atoms with van der Waals surface area (Å²) in [5, 5.41) is 9.46. The van der Waals surface area contributed by atoms with Crippen LogP contribution in [0.2, 0.25) is 0 Å². The molecule has 0 aliphatic rings. The number of benzene rings is 1. The maximum absolute atomic E-state index is 14.2. The van der Waals surface area contributed by atoms with Gasteiger partial charge in [0.1, 0.15) is 23.1 Å². The van der Waals surface area contributed by atoms with E-state index in [1.807, 2.05) is 6.07 Å². The Hall–Kier alpha value is -3.28. The third-order valence-electron chi connectivity index (χ3n) is 4.65. The number of anilines is 1. The van der Waals surface area contributed by atoms with Gasteiger partial charge in [-0.2, -0.15) is 18.4 Å². The zero-order valence-corrected chi connectivity index (χ0v) is 15.5. The Bertz CT molecular complexity index is 1160. The number of nitriles is 1. The Labute approximate surface area is 158 Å². The van der Waals surface area contributed by atoms with Gasteiger partial charge in [0.05, 0.1) is 24.1 Å². The first kappa shape index (κ1) is 19.5. The van der Waals surface area contributed by atoms with E-state index < -0.39 is 17.6 Å². The summed E-state index contributed by atoms with van der Waals surface area (Å²) in [5.74, 6) is -0.687. The fourth-order valence-electron chi connectivity index (χ4n) is 3.44. The van der Waals surface area contributed by atoms with Gasteiger partial charge < -0.3 is 10.5 Å². The number of halogens is 4. The first-order valence-electron chi connectivity index (χ1n) is 8.15. The monoisotopic (exact) mass is 392 g/mol. The summed E-state index contributed by atoms with van der Waals surface area (Å²) in [7, 11) is 1.31. The minimum atomic E-state index is -4.63. The molecule has 146 valence electrons. The van der Waals surface area contributed by atoms with Crippen molar-refractivity contribution in [3.63, 3.8) is 0 Å². The molecule has 0 spiro atoms. The molecule has 2 heterocycles. The summed E-state index contributed by atoms with van der Waals surface area (Å²) in [6, 6.07) is 3.95. The third kappa shape index (κ3) is 2.72. The number of aromatic nitrogens is 2. The number of fused-ring (bicyclic) bond motifs is 1. The smallest absolute Gasteiger partial charge is 0.418 e. The fourth-order valence-corrected chi connectivity index (χ4v) is 3.44. The zero-order chi connectivity index (χ0) is 21.0. The van der Waals surface area contributed by atoms with E-state index in [1.54, 1.807) is 13.8 Å². The first-order valence-corrected chi connectivity index (χ1v) is 8.15. The van der Waals surface area contributed by atoms with Crippen LogP contribution in [0.1, 0.15) is 27.9 Å². The quantitative estimate of drug-likeness (QED) is 0.648. The van der Waals surface area contributed by atoms with Gasteiger partial charge in [-0.15, -0.1) is 0 Å². The van der Waals surface area contributed by atoms with Crippen LogP contribution in [0.25, 0.3) is 16.7 Å². The van der Waals surface area contributed by atoms with Gasteiger partial charge in [0, 0.05) is 10.9 Å². The highest BCUT2D eigenvalue weighted by molar-refractivity contribution is 5.92. The van der Waals surface area contributed by atoms with Crippen LogP contribution in [-0.2, 0) is 6.18 Å². The molecule has 3 rings (SSSR count). The molecule has 0 saturated carbocycles. The molecule has 2 N–H and O–H groups in total. The predicted octanol–water partition coefficient (Wildman–Crippen LogP) is 4.57. The molecule has 0 aliphatic carbocycles. The van der Waals surface area contributed by atoms with E-state index in [4.69, 9.17) is 10.5 Å². The van der Waals surface area contributed by atoms with E-state index in [0.29, 0.717) is 16.8 Å². The fraction of sp³-hybridized carbons (Fsp3) is 0.263. The number of ether oxygens (including phenoxy) is 1. The highest BCUT2D eigenvalue weighted by atomic mass is 19.4. The van der Waals surface area contributed by atoms with E-state index in [1.165, 1.54) is 24.7 Å². The van der Waals surface area contributed by atoms with Gasteiger partial charge in [-0.25, -0.2) is 9.37 Å². The van der Waals surface area contributed by atoms with Crippen molar-refractivity contribution in [3.8, 4) is 17.5 Å². The maximum Gasteiger partial charge on any atom is 0.418 e. The van der Waals surface area contributed by atoms with Gasteiger partial charge in [0.15, 0.2) is 11.6 Å². The standard InChI is InChI=1S/C19H16F4N4O/c1-8-5-14(20)16(28-4)9(2)15(8)27-17(25)12(7-24)11-6-13(19(21,22)23)10(3)26-18(11)27/h5-6H,25H2,1-4H3. The van der Waals surface area contributed by atoms with Crippen LogP contribution < -0.4 is 10.5 Å². The number of alkyl halides is 3. The highest BCUT2D eigenvalue weighted by Gasteiger charge is 2.35. The van der Waals surface area contributed by atoms with E-state index in [9.17, 15) is 22.8 Å². The van der Waals surface area contributed by atoms with Crippen molar-refractivity contribution in [2.24, 2.45) is 0 Å². The topological polar surface area (TPSA) is 76.9 Å². The lowest BCUT2D eigenvalue weighted by Gasteiger charge is -2.18. The number of hydrogen-bond donors (Lipinski definition) is 1. The van der Waals surface area contributed by atoms with E-state index in [-0.39, 0.29) is 33.9 Å². The van der Waals surface area contributed by atoms with Gasteiger partial charge >= 0.3 is 6.18 Å². The molecule has 5 nitrogen and oxygen atoms in total. The van der Waals surface area contributed by atoms with Crippen LogP contribution in [0.3, 0.4) is 0 Å². The second-order valence-corrected chi connectivity index (χ2v) is 6.38. The Morgan fingerprint density at radius 2 is 1.86 bits per heavy atom. The van der Waals surface area contributed by atoms with Crippen molar-refractivity contribution < 1.29 is 22.3 Å². The molecule has 0 amide bonds. The van der Waals surface area contributed by atoms with E-state index in [0.717, 1.165) is 6.07 Å². The largest absolute Gasteiger partial charge is 0.493 e. The van der Waals surface area contributed by atoms with Crippen LogP contribution >= 0.6 is 0 Å². The minimum absolute atomic E-state index is 0.0241. The zero-order valence-electron chi connectivity index (χ0n) is 15.5. The summed E-state index contributed by atoms with van der Waals surface area (Å²) in [6.07, 6.45) is -4.63. The number of hydrogen-bond acceptors (Lipinski definition) is 4. The van der Waals surface area contributed by atoms with Crippen molar-refractivity contribution in [2.75, 3.05) is 12.8 Å². The van der Waals surface area contributed by atoms with Crippen LogP contribution in [0, 0.1) is 37.9 Å². The van der Waals surface area contributed by atoms with Crippen molar-refractivity contribution in [1.29, 1.82) is 5.26 Å². The van der Waals surface area contributed by atoms with Crippen LogP contribution in [0.15, 0.2) is 12.1 Å². The molecule has 1 aromatic carbocycles. The van der Waals surface area contributed by atoms with Crippen molar-refractivity contribution in [3.05, 3.63) is 45.9 Å². The highest BCUT2D eigenvalue weighted by Crippen LogP contribution is 2.39. The van der Waals surface area contributed by atoms with Gasteiger partial charge in [-0.1, -0.05) is 0 Å². The van der Waals surface area contributed by atoms with Crippen LogP contribution in [-0.4, -0.2) is 16.7 Å². The van der Waals surface area contributed by atoms with E-state index in [2.05, 4.69) is 4.98 Å². The molecular weight excluding hydrogens is 376 g/mol. The molecule has 2 aromatic heterocycles. The Morgan fingerprint density at radius 3 is 2.39 bits per heavy atom. The molecule has 0 atom stereocenters. The molecule has 0 saturated heterocycles. The lowest BCUT2D eigenvalue weighted by atomic mass is 10.1. The second-order valence-electron chi connectivity index (χ2n) is 6.38. The summed E-state index contributed by atoms with van der Waals surface area (Å²) in [6.45, 7) is 4.45. The number of pyridine rings is 1. The molecule has 0 aliphatic heterocycles. The Morgan fingerprint density at radius 1 is 1.21 bits per heavy atom.